The van der Waals surface area contributed by atoms with E-state index in [0.717, 1.165) is 19.4 Å². The standard InChI is InChI=1S/C16H23ClN2O2.ClH/c1-12-6-8-19(13(10-12)11-18)16(20)7-9-21-15-5-3-2-4-14(15)17;/h2-5,12-13H,6-11,18H2,1H3;1H. The maximum atomic E-state index is 12.3. The number of carbonyl (C=O) groups is 1. The van der Waals surface area contributed by atoms with Crippen LogP contribution in [-0.2, 0) is 4.79 Å². The lowest BCUT2D eigenvalue weighted by molar-refractivity contribution is -0.135. The number of benzene rings is 1. The Hall–Kier alpha value is -0.970. The second kappa shape index (κ2) is 9.23. The largest absolute Gasteiger partial charge is 0.491 e. The minimum Gasteiger partial charge on any atom is -0.491 e. The Morgan fingerprint density at radius 1 is 1.45 bits per heavy atom. The molecule has 6 heteroatoms. The highest BCUT2D eigenvalue weighted by molar-refractivity contribution is 6.32. The Morgan fingerprint density at radius 3 is 2.86 bits per heavy atom. The van der Waals surface area contributed by atoms with Gasteiger partial charge in [0.05, 0.1) is 18.1 Å². The topological polar surface area (TPSA) is 55.6 Å². The molecule has 1 aliphatic rings. The highest BCUT2D eigenvalue weighted by atomic mass is 35.5. The van der Waals surface area contributed by atoms with Crippen molar-refractivity contribution in [2.24, 2.45) is 11.7 Å². The first-order chi connectivity index (χ1) is 10.1. The van der Waals surface area contributed by atoms with Gasteiger partial charge in [-0.25, -0.2) is 0 Å². The van der Waals surface area contributed by atoms with Gasteiger partial charge < -0.3 is 15.4 Å². The lowest BCUT2D eigenvalue weighted by atomic mass is 9.92. The number of hydrogen-bond acceptors (Lipinski definition) is 3. The minimum absolute atomic E-state index is 0. The molecule has 0 bridgehead atoms. The highest BCUT2D eigenvalue weighted by Crippen LogP contribution is 2.24. The van der Waals surface area contributed by atoms with Gasteiger partial charge in [0.25, 0.3) is 0 Å². The minimum atomic E-state index is 0. The second-order valence-corrected chi connectivity index (χ2v) is 6.04. The maximum absolute atomic E-state index is 12.3. The molecule has 0 aliphatic carbocycles. The van der Waals surface area contributed by atoms with Gasteiger partial charge in [0.1, 0.15) is 5.75 Å². The fourth-order valence-corrected chi connectivity index (χ4v) is 2.95. The van der Waals surface area contributed by atoms with Crippen molar-refractivity contribution < 1.29 is 9.53 Å². The second-order valence-electron chi connectivity index (χ2n) is 5.64. The molecule has 0 spiro atoms. The summed E-state index contributed by atoms with van der Waals surface area (Å²) in [5.74, 6) is 1.38. The van der Waals surface area contributed by atoms with E-state index >= 15 is 0 Å². The first-order valence-electron chi connectivity index (χ1n) is 7.48. The molecular weight excluding hydrogens is 323 g/mol. The van der Waals surface area contributed by atoms with Crippen molar-refractivity contribution in [2.75, 3.05) is 19.7 Å². The Morgan fingerprint density at radius 2 is 2.18 bits per heavy atom. The molecule has 1 aromatic rings. The van der Waals surface area contributed by atoms with Gasteiger partial charge in [-0.15, -0.1) is 12.4 Å². The third kappa shape index (κ3) is 5.04. The van der Waals surface area contributed by atoms with Crippen molar-refractivity contribution in [3.05, 3.63) is 29.3 Å². The summed E-state index contributed by atoms with van der Waals surface area (Å²) in [4.78, 5) is 14.2. The van der Waals surface area contributed by atoms with E-state index in [2.05, 4.69) is 6.92 Å². The summed E-state index contributed by atoms with van der Waals surface area (Å²) in [6.45, 7) is 3.88. The average Bonchev–Trinajstić information content (AvgIpc) is 2.48. The number of nitrogens with two attached hydrogens (primary N) is 1. The van der Waals surface area contributed by atoms with Gasteiger partial charge in [0.15, 0.2) is 0 Å². The molecule has 0 aromatic heterocycles. The molecule has 0 radical (unpaired) electrons. The van der Waals surface area contributed by atoms with Gasteiger partial charge in [0.2, 0.25) is 5.91 Å². The van der Waals surface area contributed by atoms with Crippen molar-refractivity contribution in [3.63, 3.8) is 0 Å². The predicted molar refractivity (Wildman–Crippen MR) is 91.8 cm³/mol. The zero-order chi connectivity index (χ0) is 15.2. The molecule has 124 valence electrons. The molecule has 22 heavy (non-hydrogen) atoms. The zero-order valence-electron chi connectivity index (χ0n) is 12.8. The van der Waals surface area contributed by atoms with E-state index in [9.17, 15) is 4.79 Å². The molecule has 1 aliphatic heterocycles. The van der Waals surface area contributed by atoms with Crippen molar-refractivity contribution in [2.45, 2.75) is 32.2 Å². The summed E-state index contributed by atoms with van der Waals surface area (Å²) < 4.78 is 5.58. The van der Waals surface area contributed by atoms with Crippen molar-refractivity contribution in [1.82, 2.24) is 4.90 Å². The van der Waals surface area contributed by atoms with E-state index in [4.69, 9.17) is 22.1 Å². The van der Waals surface area contributed by atoms with Crippen molar-refractivity contribution in [3.8, 4) is 5.75 Å². The number of halogens is 2. The van der Waals surface area contributed by atoms with E-state index < -0.39 is 0 Å². The fraction of sp³-hybridized carbons (Fsp3) is 0.562. The molecule has 1 fully saturated rings. The summed E-state index contributed by atoms with van der Waals surface area (Å²) in [5.41, 5.74) is 5.79. The van der Waals surface area contributed by atoms with Gasteiger partial charge in [-0.3, -0.25) is 4.79 Å². The van der Waals surface area contributed by atoms with E-state index in [1.165, 1.54) is 0 Å². The number of ether oxygens (including phenoxy) is 1. The van der Waals surface area contributed by atoms with Gasteiger partial charge in [-0.2, -0.15) is 0 Å². The van der Waals surface area contributed by atoms with Crippen LogP contribution < -0.4 is 10.5 Å². The number of para-hydroxylation sites is 1. The van der Waals surface area contributed by atoms with Crippen molar-refractivity contribution in [1.29, 1.82) is 0 Å². The Bertz CT molecular complexity index is 485. The molecule has 4 nitrogen and oxygen atoms in total. The normalized spacial score (nSPS) is 21.1. The average molecular weight is 347 g/mol. The first kappa shape index (κ1) is 19.1. The molecule has 2 unspecified atom stereocenters. The number of nitrogens with zero attached hydrogens (tertiary/aromatic N) is 1. The summed E-state index contributed by atoms with van der Waals surface area (Å²) >= 11 is 6.01. The van der Waals surface area contributed by atoms with E-state index in [1.54, 1.807) is 12.1 Å². The molecule has 1 saturated heterocycles. The van der Waals surface area contributed by atoms with Crippen LogP contribution in [0.4, 0.5) is 0 Å². The fourth-order valence-electron chi connectivity index (χ4n) is 2.76. The molecule has 2 atom stereocenters. The summed E-state index contributed by atoms with van der Waals surface area (Å²) in [7, 11) is 0. The van der Waals surface area contributed by atoms with E-state index in [-0.39, 0.29) is 24.4 Å². The van der Waals surface area contributed by atoms with Crippen LogP contribution in [0.5, 0.6) is 5.75 Å². The summed E-state index contributed by atoms with van der Waals surface area (Å²) in [6, 6.07) is 7.45. The van der Waals surface area contributed by atoms with Crippen LogP contribution in [-0.4, -0.2) is 36.5 Å². The Labute approximate surface area is 143 Å². The number of likely N-dealkylation sites (tertiary alicyclic amines) is 1. The number of amides is 1. The monoisotopic (exact) mass is 346 g/mol. The zero-order valence-corrected chi connectivity index (χ0v) is 14.4. The highest BCUT2D eigenvalue weighted by Gasteiger charge is 2.28. The van der Waals surface area contributed by atoms with Crippen LogP contribution in [0.3, 0.4) is 0 Å². The molecule has 1 amide bonds. The van der Waals surface area contributed by atoms with Gasteiger partial charge in [-0.05, 0) is 30.9 Å². The number of hydrogen-bond donors (Lipinski definition) is 1. The van der Waals surface area contributed by atoms with Gasteiger partial charge in [-0.1, -0.05) is 30.7 Å². The van der Waals surface area contributed by atoms with Crippen molar-refractivity contribution >= 4 is 29.9 Å². The molecule has 1 aromatic carbocycles. The number of rotatable bonds is 5. The molecule has 2 N–H and O–H groups in total. The van der Waals surface area contributed by atoms with Crippen LogP contribution >= 0.6 is 24.0 Å². The molecular formula is C16H24Cl2N2O2. The smallest absolute Gasteiger partial charge is 0.226 e. The van der Waals surface area contributed by atoms with E-state index in [1.807, 2.05) is 17.0 Å². The third-order valence-electron chi connectivity index (χ3n) is 3.98. The van der Waals surface area contributed by atoms with Crippen LogP contribution in [0, 0.1) is 5.92 Å². The van der Waals surface area contributed by atoms with Crippen LogP contribution in [0.15, 0.2) is 24.3 Å². The Balaban J connectivity index is 0.00000242. The van der Waals surface area contributed by atoms with Gasteiger partial charge in [0, 0.05) is 19.1 Å². The number of carbonyl (C=O) groups excluding carboxylic acids is 1. The van der Waals surface area contributed by atoms with E-state index in [0.29, 0.717) is 36.3 Å². The molecule has 0 saturated carbocycles. The van der Waals surface area contributed by atoms with Gasteiger partial charge >= 0.3 is 0 Å². The van der Waals surface area contributed by atoms with Crippen LogP contribution in [0.1, 0.15) is 26.2 Å². The SMILES string of the molecule is CC1CCN(C(=O)CCOc2ccccc2Cl)C(CN)C1.Cl. The summed E-state index contributed by atoms with van der Waals surface area (Å²) in [6.07, 6.45) is 2.40. The van der Waals surface area contributed by atoms with Crippen LogP contribution in [0.2, 0.25) is 5.02 Å². The quantitative estimate of drug-likeness (QED) is 0.890. The third-order valence-corrected chi connectivity index (χ3v) is 4.29. The lowest BCUT2D eigenvalue weighted by Gasteiger charge is -2.38. The molecule has 2 rings (SSSR count). The Kier molecular flexibility index (Phi) is 8.01. The molecule has 1 heterocycles. The lowest BCUT2D eigenvalue weighted by Crippen LogP contribution is -2.49. The number of piperidine rings is 1. The van der Waals surface area contributed by atoms with Crippen LogP contribution in [0.25, 0.3) is 0 Å². The predicted octanol–water partition coefficient (Wildman–Crippen LogP) is 3.12. The summed E-state index contributed by atoms with van der Waals surface area (Å²) in [5, 5.41) is 0.566. The first-order valence-corrected chi connectivity index (χ1v) is 7.86. The maximum Gasteiger partial charge on any atom is 0.226 e.